The highest BCUT2D eigenvalue weighted by atomic mass is 79.9. The highest BCUT2D eigenvalue weighted by Gasteiger charge is 2.36. The molecule has 0 radical (unpaired) electrons. The molecule has 2 heterocycles. The number of halogens is 1. The summed E-state index contributed by atoms with van der Waals surface area (Å²) in [6.45, 7) is 2.18. The van der Waals surface area contributed by atoms with Crippen molar-refractivity contribution in [1.29, 1.82) is 0 Å². The van der Waals surface area contributed by atoms with Gasteiger partial charge in [0.2, 0.25) is 5.91 Å². The number of anilines is 1. The minimum Gasteiger partial charge on any atom is -0.482 e. The molecule has 1 unspecified atom stereocenters. The Morgan fingerprint density at radius 1 is 1.42 bits per heavy atom. The smallest absolute Gasteiger partial charge is 0.265 e. The predicted molar refractivity (Wildman–Crippen MR) is 101 cm³/mol. The molecule has 3 rings (SSSR count). The van der Waals surface area contributed by atoms with Gasteiger partial charge in [0.25, 0.3) is 5.91 Å². The van der Waals surface area contributed by atoms with Gasteiger partial charge in [0, 0.05) is 17.1 Å². The number of nitrogens with zero attached hydrogens (tertiary/aromatic N) is 2. The zero-order valence-corrected chi connectivity index (χ0v) is 16.9. The fraction of sp³-hybridized carbons (Fsp3) is 0.529. The van der Waals surface area contributed by atoms with Crippen LogP contribution in [0.5, 0.6) is 5.75 Å². The molecule has 7 nitrogen and oxygen atoms in total. The van der Waals surface area contributed by atoms with Crippen LogP contribution in [0.25, 0.3) is 0 Å². The van der Waals surface area contributed by atoms with Crippen LogP contribution in [0, 0.1) is 0 Å². The van der Waals surface area contributed by atoms with Crippen molar-refractivity contribution in [3.63, 3.8) is 0 Å². The van der Waals surface area contributed by atoms with Crippen LogP contribution in [0.4, 0.5) is 5.69 Å². The first-order chi connectivity index (χ1) is 12.3. The molecule has 142 valence electrons. The minimum absolute atomic E-state index is 0.000663. The van der Waals surface area contributed by atoms with E-state index < -0.39 is 9.84 Å². The number of carbonyl (C=O) groups is 2. The third-order valence-electron chi connectivity index (χ3n) is 4.59. The van der Waals surface area contributed by atoms with Gasteiger partial charge in [-0.1, -0.05) is 22.9 Å². The number of rotatable bonds is 5. The number of hydrogen-bond donors (Lipinski definition) is 0. The quantitative estimate of drug-likeness (QED) is 0.688. The van der Waals surface area contributed by atoms with Crippen LogP contribution in [0.15, 0.2) is 22.7 Å². The lowest BCUT2D eigenvalue weighted by atomic mass is 10.2. The highest BCUT2D eigenvalue weighted by molar-refractivity contribution is 9.10. The zero-order valence-electron chi connectivity index (χ0n) is 14.5. The molecule has 0 N–H and O–H groups in total. The van der Waals surface area contributed by atoms with E-state index in [2.05, 4.69) is 15.9 Å². The van der Waals surface area contributed by atoms with Crippen molar-refractivity contribution in [1.82, 2.24) is 4.90 Å². The van der Waals surface area contributed by atoms with Crippen LogP contribution in [0.3, 0.4) is 0 Å². The Morgan fingerprint density at radius 2 is 2.19 bits per heavy atom. The van der Waals surface area contributed by atoms with E-state index in [9.17, 15) is 18.0 Å². The Bertz CT molecular complexity index is 826. The summed E-state index contributed by atoms with van der Waals surface area (Å²) in [5, 5.41) is 0. The Balaban J connectivity index is 1.80. The first kappa shape index (κ1) is 19.2. The number of benzene rings is 1. The summed E-state index contributed by atoms with van der Waals surface area (Å²) in [5.41, 5.74) is 0.549. The fourth-order valence-corrected chi connectivity index (χ4v) is 5.42. The first-order valence-electron chi connectivity index (χ1n) is 8.53. The van der Waals surface area contributed by atoms with Crippen LogP contribution in [0.2, 0.25) is 0 Å². The van der Waals surface area contributed by atoms with Crippen LogP contribution in [-0.2, 0) is 19.4 Å². The van der Waals surface area contributed by atoms with Crippen molar-refractivity contribution < 1.29 is 22.7 Å². The molecule has 0 spiro atoms. The molecule has 1 fully saturated rings. The molecule has 0 aliphatic carbocycles. The summed E-state index contributed by atoms with van der Waals surface area (Å²) in [6, 6.07) is 4.96. The van der Waals surface area contributed by atoms with E-state index in [0.717, 1.165) is 10.9 Å². The third kappa shape index (κ3) is 4.03. The van der Waals surface area contributed by atoms with Crippen molar-refractivity contribution in [2.45, 2.75) is 25.8 Å². The second-order valence-corrected chi connectivity index (χ2v) is 9.67. The normalized spacial score (nSPS) is 21.2. The molecule has 2 amide bonds. The van der Waals surface area contributed by atoms with Gasteiger partial charge in [-0.15, -0.1) is 0 Å². The average Bonchev–Trinajstić information content (AvgIpc) is 2.94. The second-order valence-electron chi connectivity index (χ2n) is 6.52. The molecule has 0 saturated carbocycles. The van der Waals surface area contributed by atoms with Crippen molar-refractivity contribution >= 4 is 43.3 Å². The minimum atomic E-state index is -3.09. The monoisotopic (exact) mass is 444 g/mol. The number of hydrogen-bond acceptors (Lipinski definition) is 5. The van der Waals surface area contributed by atoms with Gasteiger partial charge in [-0.2, -0.15) is 0 Å². The van der Waals surface area contributed by atoms with E-state index in [1.807, 2.05) is 6.92 Å². The summed E-state index contributed by atoms with van der Waals surface area (Å²) in [7, 11) is -3.09. The third-order valence-corrected chi connectivity index (χ3v) is 6.84. The Labute approximate surface area is 161 Å². The molecule has 0 bridgehead atoms. The largest absolute Gasteiger partial charge is 0.482 e. The van der Waals surface area contributed by atoms with Crippen LogP contribution in [0.1, 0.15) is 19.8 Å². The van der Waals surface area contributed by atoms with Gasteiger partial charge in [-0.25, -0.2) is 8.42 Å². The van der Waals surface area contributed by atoms with Gasteiger partial charge < -0.3 is 9.64 Å². The van der Waals surface area contributed by atoms with E-state index in [0.29, 0.717) is 24.4 Å². The molecule has 2 aliphatic heterocycles. The molecular formula is C17H21BrN2O5S. The SMILES string of the molecule is CCCN(C(=O)CN1C(=O)COc2cc(Br)ccc21)C1CCS(=O)(=O)C1. The zero-order chi connectivity index (χ0) is 18.9. The lowest BCUT2D eigenvalue weighted by Gasteiger charge is -2.33. The van der Waals surface area contributed by atoms with Crippen molar-refractivity contribution in [3.8, 4) is 5.75 Å². The van der Waals surface area contributed by atoms with Gasteiger partial charge in [0.15, 0.2) is 16.4 Å². The van der Waals surface area contributed by atoms with Crippen LogP contribution < -0.4 is 9.64 Å². The Morgan fingerprint density at radius 3 is 2.85 bits per heavy atom. The molecule has 1 aromatic carbocycles. The average molecular weight is 445 g/mol. The number of ether oxygens (including phenoxy) is 1. The van der Waals surface area contributed by atoms with Crippen molar-refractivity contribution in [2.75, 3.05) is 36.1 Å². The topological polar surface area (TPSA) is 84.0 Å². The number of carbonyl (C=O) groups excluding carboxylic acids is 2. The van der Waals surface area contributed by atoms with Crippen LogP contribution >= 0.6 is 15.9 Å². The molecule has 0 aromatic heterocycles. The molecule has 9 heteroatoms. The van der Waals surface area contributed by atoms with E-state index in [1.165, 1.54) is 4.90 Å². The van der Waals surface area contributed by atoms with Gasteiger partial charge in [0.1, 0.15) is 12.3 Å². The molecule has 2 aliphatic rings. The van der Waals surface area contributed by atoms with E-state index in [-0.39, 0.29) is 42.5 Å². The molecule has 1 saturated heterocycles. The number of sulfone groups is 1. The molecular weight excluding hydrogens is 424 g/mol. The Hall–Kier alpha value is -1.61. The summed E-state index contributed by atoms with van der Waals surface area (Å²) >= 11 is 3.36. The van der Waals surface area contributed by atoms with Gasteiger partial charge in [-0.3, -0.25) is 14.5 Å². The predicted octanol–water partition coefficient (Wildman–Crippen LogP) is 1.60. The number of amides is 2. The van der Waals surface area contributed by atoms with Crippen molar-refractivity contribution in [3.05, 3.63) is 22.7 Å². The highest BCUT2D eigenvalue weighted by Crippen LogP contribution is 2.34. The van der Waals surface area contributed by atoms with E-state index in [1.54, 1.807) is 23.1 Å². The lowest BCUT2D eigenvalue weighted by Crippen LogP contribution is -2.50. The maximum absolute atomic E-state index is 12.9. The Kier molecular flexibility index (Phi) is 5.57. The molecule has 26 heavy (non-hydrogen) atoms. The summed E-state index contributed by atoms with van der Waals surface area (Å²) in [6.07, 6.45) is 1.18. The summed E-state index contributed by atoms with van der Waals surface area (Å²) < 4.78 is 29.8. The summed E-state index contributed by atoms with van der Waals surface area (Å²) in [4.78, 5) is 28.2. The summed E-state index contributed by atoms with van der Waals surface area (Å²) in [5.74, 6) is 0.122. The maximum Gasteiger partial charge on any atom is 0.265 e. The van der Waals surface area contributed by atoms with E-state index in [4.69, 9.17) is 4.74 Å². The maximum atomic E-state index is 12.9. The molecule has 1 atom stereocenters. The standard InChI is InChI=1S/C17H21BrN2O5S/c1-2-6-19(13-5-7-26(23,24)11-13)16(21)9-20-14-4-3-12(18)8-15(14)25-10-17(20)22/h3-4,8,13H,2,5-7,9-11H2,1H3. The van der Waals surface area contributed by atoms with Gasteiger partial charge in [-0.05, 0) is 31.0 Å². The fourth-order valence-electron chi connectivity index (χ4n) is 3.35. The lowest BCUT2D eigenvalue weighted by molar-refractivity contribution is -0.133. The van der Waals surface area contributed by atoms with Gasteiger partial charge >= 0.3 is 0 Å². The molecule has 1 aromatic rings. The second kappa shape index (κ2) is 7.56. The first-order valence-corrected chi connectivity index (χ1v) is 11.1. The van der Waals surface area contributed by atoms with Crippen LogP contribution in [-0.4, -0.2) is 62.4 Å². The van der Waals surface area contributed by atoms with Gasteiger partial charge in [0.05, 0.1) is 17.2 Å². The van der Waals surface area contributed by atoms with E-state index >= 15 is 0 Å². The number of fused-ring (bicyclic) bond motifs is 1. The van der Waals surface area contributed by atoms with Crippen molar-refractivity contribution in [2.24, 2.45) is 0 Å².